The Kier molecular flexibility index (Phi) is 7.96. The highest BCUT2D eigenvalue weighted by atomic mass is 32.2. The van der Waals surface area contributed by atoms with Gasteiger partial charge >= 0.3 is 5.97 Å². The number of amides is 2. The number of nitrogens with zero attached hydrogens (tertiary/aromatic N) is 3. The quantitative estimate of drug-likeness (QED) is 0.160. The first kappa shape index (κ1) is 25.0. The van der Waals surface area contributed by atoms with Crippen molar-refractivity contribution >= 4 is 63.5 Å². The molecule has 0 aliphatic carbocycles. The van der Waals surface area contributed by atoms with E-state index in [-0.39, 0.29) is 23.2 Å². The second-order valence-electron chi connectivity index (χ2n) is 6.53. The number of oxime groups is 1. The Balaban J connectivity index is 1.77. The van der Waals surface area contributed by atoms with Crippen LogP contribution in [0.15, 0.2) is 27.2 Å². The number of aromatic nitrogens is 1. The zero-order chi connectivity index (χ0) is 24.3. The van der Waals surface area contributed by atoms with E-state index in [4.69, 9.17) is 16.6 Å². The number of thiazole rings is 1. The van der Waals surface area contributed by atoms with Gasteiger partial charge < -0.3 is 31.8 Å². The van der Waals surface area contributed by atoms with E-state index >= 15 is 0 Å². The SMILES string of the molecule is CO/N=C(\C(=O)NC1C(=O)N2C(C(=O)O)=C(S/C=C\[C@@H](N)CO)CS[C@H]12)c1nc(N)sc1F. The molecule has 3 rings (SSSR count). The van der Waals surface area contributed by atoms with Gasteiger partial charge in [0.2, 0.25) is 5.13 Å². The number of thioether (sulfide) groups is 2. The van der Waals surface area contributed by atoms with Crippen molar-refractivity contribution in [2.75, 3.05) is 25.2 Å². The molecular formula is C17H19FN6O6S3. The number of carboxylic acid groups (broad SMARTS) is 1. The van der Waals surface area contributed by atoms with Crippen LogP contribution in [-0.2, 0) is 19.2 Å². The molecule has 0 spiro atoms. The molecule has 12 nitrogen and oxygen atoms in total. The number of aliphatic hydroxyl groups excluding tert-OH is 1. The predicted octanol–water partition coefficient (Wildman–Crippen LogP) is -0.522. The second kappa shape index (κ2) is 10.5. The van der Waals surface area contributed by atoms with Crippen LogP contribution in [0.4, 0.5) is 9.52 Å². The van der Waals surface area contributed by atoms with Crippen LogP contribution in [0.25, 0.3) is 0 Å². The molecule has 1 saturated heterocycles. The van der Waals surface area contributed by atoms with Gasteiger partial charge in [-0.3, -0.25) is 14.5 Å². The van der Waals surface area contributed by atoms with Crippen LogP contribution in [0.2, 0.25) is 0 Å². The molecule has 2 amide bonds. The zero-order valence-corrected chi connectivity index (χ0v) is 19.4. The van der Waals surface area contributed by atoms with Gasteiger partial charge in [-0.15, -0.1) is 11.8 Å². The van der Waals surface area contributed by atoms with Crippen molar-refractivity contribution in [3.05, 3.63) is 32.9 Å². The summed E-state index contributed by atoms with van der Waals surface area (Å²) in [4.78, 5) is 47.1. The molecule has 1 fully saturated rings. The van der Waals surface area contributed by atoms with Gasteiger partial charge in [0.1, 0.15) is 29.9 Å². The van der Waals surface area contributed by atoms with E-state index < -0.39 is 51.8 Å². The number of nitrogens with two attached hydrogens (primary N) is 2. The summed E-state index contributed by atoms with van der Waals surface area (Å²) in [6, 6.07) is -1.66. The van der Waals surface area contributed by atoms with Crippen LogP contribution < -0.4 is 16.8 Å². The lowest BCUT2D eigenvalue weighted by molar-refractivity contribution is -0.150. The number of hydrogen-bond donors (Lipinski definition) is 5. The Bertz CT molecular complexity index is 1060. The summed E-state index contributed by atoms with van der Waals surface area (Å²) in [5.74, 6) is -2.63. The van der Waals surface area contributed by atoms with Gasteiger partial charge in [-0.1, -0.05) is 34.3 Å². The minimum atomic E-state index is -1.30. The van der Waals surface area contributed by atoms with Crippen molar-refractivity contribution < 1.29 is 33.8 Å². The van der Waals surface area contributed by atoms with Crippen LogP contribution in [0.1, 0.15) is 5.69 Å². The number of rotatable bonds is 9. The van der Waals surface area contributed by atoms with Crippen LogP contribution >= 0.6 is 34.9 Å². The average Bonchev–Trinajstić information content (AvgIpc) is 3.11. The number of hydrogen-bond acceptors (Lipinski definition) is 12. The summed E-state index contributed by atoms with van der Waals surface area (Å²) in [5, 5.41) is 24.5. The highest BCUT2D eigenvalue weighted by molar-refractivity contribution is 8.08. The molecule has 0 aromatic carbocycles. The maximum Gasteiger partial charge on any atom is 0.353 e. The number of aliphatic hydroxyl groups is 1. The first-order valence-electron chi connectivity index (χ1n) is 9.14. The molecule has 2 aliphatic rings. The molecule has 33 heavy (non-hydrogen) atoms. The van der Waals surface area contributed by atoms with E-state index in [1.54, 1.807) is 5.41 Å². The molecule has 3 atom stereocenters. The van der Waals surface area contributed by atoms with Crippen LogP contribution in [0.3, 0.4) is 0 Å². The fraction of sp³-hybridized carbons (Fsp3) is 0.353. The second-order valence-corrected chi connectivity index (χ2v) is 9.61. The molecule has 16 heteroatoms. The highest BCUT2D eigenvalue weighted by Gasteiger charge is 2.54. The molecule has 0 radical (unpaired) electrons. The number of carboxylic acids is 1. The van der Waals surface area contributed by atoms with E-state index in [0.717, 1.165) is 23.8 Å². The van der Waals surface area contributed by atoms with E-state index in [1.165, 1.54) is 17.8 Å². The number of nitrogen functional groups attached to an aromatic ring is 1. The maximum absolute atomic E-state index is 14.1. The largest absolute Gasteiger partial charge is 0.477 e. The van der Waals surface area contributed by atoms with Gasteiger partial charge in [0.15, 0.2) is 10.8 Å². The standard InChI is InChI=1S/C17H19FN6O6S3/c1-30-23-9(8-12(18)33-17(20)22-8)13(26)21-10-14(27)24-11(16(28)29)7(5-32-15(10)24)31-3-2-6(19)4-25/h2-3,6,10,15,25H,4-5,19H2,1H3,(H2,20,22)(H,21,26)(H,28,29)/b3-2-,23-9-/t6-,10?,15-/m1/s1. The normalized spacial score (nSPS) is 21.6. The average molecular weight is 519 g/mol. The molecule has 2 aliphatic heterocycles. The predicted molar refractivity (Wildman–Crippen MR) is 122 cm³/mol. The van der Waals surface area contributed by atoms with Crippen molar-refractivity contribution in [1.82, 2.24) is 15.2 Å². The van der Waals surface area contributed by atoms with Crippen molar-refractivity contribution in [2.24, 2.45) is 10.9 Å². The number of fused-ring (bicyclic) bond motifs is 1. The third kappa shape index (κ3) is 5.14. The Morgan fingerprint density at radius 3 is 2.85 bits per heavy atom. The summed E-state index contributed by atoms with van der Waals surface area (Å²) >= 11 is 2.83. The smallest absolute Gasteiger partial charge is 0.353 e. The van der Waals surface area contributed by atoms with Gasteiger partial charge in [0, 0.05) is 16.7 Å². The highest BCUT2D eigenvalue weighted by Crippen LogP contribution is 2.43. The first-order valence-corrected chi connectivity index (χ1v) is 11.9. The Morgan fingerprint density at radius 2 is 2.27 bits per heavy atom. The van der Waals surface area contributed by atoms with Crippen LogP contribution in [0, 0.1) is 5.13 Å². The Labute approximate surface area is 198 Å². The molecule has 0 saturated carbocycles. The molecule has 1 unspecified atom stereocenters. The molecule has 1 aromatic rings. The minimum Gasteiger partial charge on any atom is -0.477 e. The number of halogens is 1. The van der Waals surface area contributed by atoms with Crippen molar-refractivity contribution in [3.63, 3.8) is 0 Å². The lowest BCUT2D eigenvalue weighted by atomic mass is 10.0. The lowest BCUT2D eigenvalue weighted by Gasteiger charge is -2.49. The molecule has 7 N–H and O–H groups in total. The van der Waals surface area contributed by atoms with Gasteiger partial charge in [-0.05, 0) is 5.41 Å². The summed E-state index contributed by atoms with van der Waals surface area (Å²) in [5.41, 5.74) is 9.92. The number of β-lactam (4-membered cyclic amide) rings is 1. The van der Waals surface area contributed by atoms with E-state index in [0.29, 0.717) is 16.2 Å². The molecular weight excluding hydrogens is 499 g/mol. The van der Waals surface area contributed by atoms with E-state index in [9.17, 15) is 23.9 Å². The topological polar surface area (TPSA) is 193 Å². The monoisotopic (exact) mass is 518 g/mol. The number of anilines is 1. The molecule has 3 heterocycles. The van der Waals surface area contributed by atoms with Gasteiger partial charge in [-0.2, -0.15) is 4.39 Å². The van der Waals surface area contributed by atoms with Crippen LogP contribution in [0.5, 0.6) is 0 Å². The molecule has 1 aromatic heterocycles. The van der Waals surface area contributed by atoms with Crippen molar-refractivity contribution in [1.29, 1.82) is 0 Å². The summed E-state index contributed by atoms with van der Waals surface area (Å²) in [7, 11) is 1.15. The van der Waals surface area contributed by atoms with Crippen molar-refractivity contribution in [3.8, 4) is 0 Å². The van der Waals surface area contributed by atoms with Gasteiger partial charge in [0.05, 0.1) is 6.61 Å². The fourth-order valence-corrected chi connectivity index (χ4v) is 5.89. The number of carbonyl (C=O) groups is 3. The van der Waals surface area contributed by atoms with Gasteiger partial charge in [0.25, 0.3) is 11.8 Å². The summed E-state index contributed by atoms with van der Waals surface area (Å²) in [6.07, 6.45) is 1.51. The third-order valence-electron chi connectivity index (χ3n) is 4.39. The summed E-state index contributed by atoms with van der Waals surface area (Å²) < 4.78 is 14.1. The van der Waals surface area contributed by atoms with E-state index in [2.05, 4.69) is 20.3 Å². The maximum atomic E-state index is 14.1. The van der Waals surface area contributed by atoms with Crippen LogP contribution in [-0.4, -0.2) is 80.5 Å². The molecule has 0 bridgehead atoms. The Hall–Kier alpha value is -2.66. The lowest BCUT2D eigenvalue weighted by Crippen LogP contribution is -2.71. The minimum absolute atomic E-state index is 0.122. The Morgan fingerprint density at radius 1 is 1.55 bits per heavy atom. The number of nitrogens with one attached hydrogen (secondary N) is 1. The third-order valence-corrected chi connectivity index (χ3v) is 7.44. The fourth-order valence-electron chi connectivity index (χ4n) is 2.92. The first-order chi connectivity index (χ1) is 15.7. The van der Waals surface area contributed by atoms with Crippen molar-refractivity contribution in [2.45, 2.75) is 17.5 Å². The van der Waals surface area contributed by atoms with Gasteiger partial charge in [-0.25, -0.2) is 9.78 Å². The molecule has 178 valence electrons. The zero-order valence-electron chi connectivity index (χ0n) is 16.9. The number of aliphatic carboxylic acids is 1. The van der Waals surface area contributed by atoms with E-state index in [1.807, 2.05) is 0 Å². The number of carbonyl (C=O) groups excluding carboxylic acids is 2. The summed E-state index contributed by atoms with van der Waals surface area (Å²) in [6.45, 7) is -0.267.